The van der Waals surface area contributed by atoms with E-state index in [2.05, 4.69) is 25.8 Å². The second-order valence-corrected chi connectivity index (χ2v) is 5.68. The van der Waals surface area contributed by atoms with Crippen LogP contribution in [-0.2, 0) is 5.41 Å². The lowest BCUT2D eigenvalue weighted by Crippen LogP contribution is -2.18. The van der Waals surface area contributed by atoms with Crippen molar-refractivity contribution in [1.82, 2.24) is 4.98 Å². The highest BCUT2D eigenvalue weighted by Crippen LogP contribution is 2.28. The second kappa shape index (κ2) is 5.45. The number of hydrogen-bond acceptors (Lipinski definition) is 3. The topological polar surface area (TPSA) is 39.2 Å². The molecule has 0 fully saturated rings. The maximum absolute atomic E-state index is 12.8. The van der Waals surface area contributed by atoms with Gasteiger partial charge in [-0.2, -0.15) is 0 Å². The van der Waals surface area contributed by atoms with Crippen molar-refractivity contribution < 1.29 is 9.53 Å². The molecule has 0 aliphatic rings. The quantitative estimate of drug-likeness (QED) is 0.799. The van der Waals surface area contributed by atoms with Gasteiger partial charge >= 0.3 is 0 Å². The summed E-state index contributed by atoms with van der Waals surface area (Å²) in [5, 5.41) is 0. The van der Waals surface area contributed by atoms with E-state index in [-0.39, 0.29) is 11.2 Å². The molecule has 3 heteroatoms. The van der Waals surface area contributed by atoms with E-state index < -0.39 is 0 Å². The van der Waals surface area contributed by atoms with Crippen molar-refractivity contribution in [2.24, 2.45) is 0 Å². The van der Waals surface area contributed by atoms with E-state index >= 15 is 0 Å². The van der Waals surface area contributed by atoms with Gasteiger partial charge in [0.1, 0.15) is 5.75 Å². The van der Waals surface area contributed by atoms with Gasteiger partial charge in [0.15, 0.2) is 5.69 Å². The molecular formula is C17H19NO2. The van der Waals surface area contributed by atoms with E-state index in [0.29, 0.717) is 17.0 Å². The first-order valence-corrected chi connectivity index (χ1v) is 6.58. The van der Waals surface area contributed by atoms with E-state index in [1.807, 2.05) is 24.3 Å². The fraction of sp³-hybridized carbons (Fsp3) is 0.294. The summed E-state index contributed by atoms with van der Waals surface area (Å²) in [6.45, 7) is 6.28. The Balaban J connectivity index is 2.55. The van der Waals surface area contributed by atoms with Crippen LogP contribution in [0.4, 0.5) is 0 Å². The number of aromatic nitrogens is 1. The molecule has 0 spiro atoms. The molecule has 0 amide bonds. The van der Waals surface area contributed by atoms with E-state index in [0.717, 1.165) is 5.56 Å². The lowest BCUT2D eigenvalue weighted by Gasteiger charge is -2.22. The summed E-state index contributed by atoms with van der Waals surface area (Å²) in [7, 11) is 1.55. The summed E-state index contributed by atoms with van der Waals surface area (Å²) < 4.78 is 5.23. The summed E-state index contributed by atoms with van der Waals surface area (Å²) >= 11 is 0. The van der Waals surface area contributed by atoms with Crippen molar-refractivity contribution in [2.75, 3.05) is 7.11 Å². The predicted molar refractivity (Wildman–Crippen MR) is 79.4 cm³/mol. The van der Waals surface area contributed by atoms with E-state index in [1.165, 1.54) is 0 Å². The van der Waals surface area contributed by atoms with Gasteiger partial charge in [0, 0.05) is 11.8 Å². The normalized spacial score (nSPS) is 11.2. The minimum absolute atomic E-state index is 0.103. The molecule has 1 heterocycles. The molecule has 1 aromatic carbocycles. The average Bonchev–Trinajstić information content (AvgIpc) is 2.45. The smallest absolute Gasteiger partial charge is 0.215 e. The highest BCUT2D eigenvalue weighted by Gasteiger charge is 2.24. The van der Waals surface area contributed by atoms with Crippen molar-refractivity contribution in [2.45, 2.75) is 26.2 Å². The molecule has 0 N–H and O–H groups in total. The molecular weight excluding hydrogens is 250 g/mol. The number of hydrogen-bond donors (Lipinski definition) is 0. The molecule has 104 valence electrons. The Morgan fingerprint density at radius 3 is 2.45 bits per heavy atom. The van der Waals surface area contributed by atoms with Crippen molar-refractivity contribution in [3.63, 3.8) is 0 Å². The van der Waals surface area contributed by atoms with Gasteiger partial charge in [0.25, 0.3) is 0 Å². The SMILES string of the molecule is COc1cccnc1C(=O)c1ccccc1C(C)(C)C. The van der Waals surface area contributed by atoms with Gasteiger partial charge in [-0.25, -0.2) is 4.98 Å². The molecule has 0 saturated heterocycles. The number of carbonyl (C=O) groups excluding carboxylic acids is 1. The molecule has 3 nitrogen and oxygen atoms in total. The van der Waals surface area contributed by atoms with Crippen molar-refractivity contribution in [3.05, 3.63) is 59.4 Å². The number of rotatable bonds is 3. The fourth-order valence-corrected chi connectivity index (χ4v) is 2.19. The Hall–Kier alpha value is -2.16. The first-order valence-electron chi connectivity index (χ1n) is 6.58. The van der Waals surface area contributed by atoms with Gasteiger partial charge in [-0.1, -0.05) is 45.0 Å². The summed E-state index contributed by atoms with van der Waals surface area (Å²) in [5.41, 5.74) is 1.94. The Labute approximate surface area is 119 Å². The van der Waals surface area contributed by atoms with Crippen molar-refractivity contribution >= 4 is 5.78 Å². The number of benzene rings is 1. The zero-order valence-corrected chi connectivity index (χ0v) is 12.3. The third kappa shape index (κ3) is 2.72. The number of carbonyl (C=O) groups is 1. The third-order valence-electron chi connectivity index (χ3n) is 3.19. The molecule has 2 rings (SSSR count). The molecule has 20 heavy (non-hydrogen) atoms. The maximum atomic E-state index is 12.8. The lowest BCUT2D eigenvalue weighted by atomic mass is 9.82. The highest BCUT2D eigenvalue weighted by molar-refractivity contribution is 6.10. The van der Waals surface area contributed by atoms with Crippen LogP contribution in [0.2, 0.25) is 0 Å². The lowest BCUT2D eigenvalue weighted by molar-refractivity contribution is 0.102. The van der Waals surface area contributed by atoms with Crippen LogP contribution in [0.25, 0.3) is 0 Å². The van der Waals surface area contributed by atoms with Crippen LogP contribution in [0.1, 0.15) is 42.4 Å². The molecule has 0 aliphatic heterocycles. The van der Waals surface area contributed by atoms with Gasteiger partial charge in [-0.3, -0.25) is 4.79 Å². The maximum Gasteiger partial charge on any atom is 0.215 e. The van der Waals surface area contributed by atoms with E-state index in [1.54, 1.807) is 25.4 Å². The number of ketones is 1. The first-order chi connectivity index (χ1) is 9.45. The zero-order valence-electron chi connectivity index (χ0n) is 12.3. The Morgan fingerprint density at radius 2 is 1.80 bits per heavy atom. The monoisotopic (exact) mass is 269 g/mol. The molecule has 0 bridgehead atoms. The van der Waals surface area contributed by atoms with Crippen LogP contribution in [-0.4, -0.2) is 17.9 Å². The Morgan fingerprint density at radius 1 is 1.10 bits per heavy atom. The van der Waals surface area contributed by atoms with Crippen LogP contribution in [0, 0.1) is 0 Å². The van der Waals surface area contributed by atoms with Crippen molar-refractivity contribution in [3.8, 4) is 5.75 Å². The second-order valence-electron chi connectivity index (χ2n) is 5.68. The minimum atomic E-state index is -0.104. The molecule has 0 saturated carbocycles. The standard InChI is InChI=1S/C17H19NO2/c1-17(2,3)13-9-6-5-8-12(13)16(19)15-14(20-4)10-7-11-18-15/h5-11H,1-4H3. The average molecular weight is 269 g/mol. The predicted octanol–water partition coefficient (Wildman–Crippen LogP) is 3.62. The summed E-state index contributed by atoms with van der Waals surface area (Å²) in [6, 6.07) is 11.2. The number of pyridine rings is 1. The van der Waals surface area contributed by atoms with Crippen molar-refractivity contribution in [1.29, 1.82) is 0 Å². The number of ether oxygens (including phenoxy) is 1. The molecule has 0 aliphatic carbocycles. The van der Waals surface area contributed by atoms with E-state index in [4.69, 9.17) is 4.74 Å². The highest BCUT2D eigenvalue weighted by atomic mass is 16.5. The summed E-state index contributed by atoms with van der Waals surface area (Å²) in [5.74, 6) is 0.397. The molecule has 1 aromatic heterocycles. The minimum Gasteiger partial charge on any atom is -0.494 e. The van der Waals surface area contributed by atoms with Crippen LogP contribution >= 0.6 is 0 Å². The van der Waals surface area contributed by atoms with Gasteiger partial charge < -0.3 is 4.74 Å². The first kappa shape index (κ1) is 14.3. The summed E-state index contributed by atoms with van der Waals surface area (Å²) in [4.78, 5) is 16.9. The van der Waals surface area contributed by atoms with Crippen LogP contribution in [0.15, 0.2) is 42.6 Å². The molecule has 0 atom stereocenters. The Kier molecular flexibility index (Phi) is 3.89. The molecule has 2 aromatic rings. The van der Waals surface area contributed by atoms with Crippen LogP contribution in [0.5, 0.6) is 5.75 Å². The number of methoxy groups -OCH3 is 1. The summed E-state index contributed by atoms with van der Waals surface area (Å²) in [6.07, 6.45) is 1.61. The van der Waals surface area contributed by atoms with Gasteiger partial charge in [0.2, 0.25) is 5.78 Å². The van der Waals surface area contributed by atoms with Gasteiger partial charge in [0.05, 0.1) is 7.11 Å². The molecule has 0 radical (unpaired) electrons. The van der Waals surface area contributed by atoms with E-state index in [9.17, 15) is 4.79 Å². The number of nitrogens with zero attached hydrogens (tertiary/aromatic N) is 1. The molecule has 0 unspecified atom stereocenters. The van der Waals surface area contributed by atoms with Gasteiger partial charge in [-0.05, 0) is 23.1 Å². The Bertz CT molecular complexity index is 627. The van der Waals surface area contributed by atoms with Crippen LogP contribution < -0.4 is 4.74 Å². The van der Waals surface area contributed by atoms with Gasteiger partial charge in [-0.15, -0.1) is 0 Å². The fourth-order valence-electron chi connectivity index (χ4n) is 2.19. The third-order valence-corrected chi connectivity index (χ3v) is 3.19. The zero-order chi connectivity index (χ0) is 14.8. The van der Waals surface area contributed by atoms with Crippen LogP contribution in [0.3, 0.4) is 0 Å². The largest absolute Gasteiger partial charge is 0.494 e.